The van der Waals surface area contributed by atoms with Crippen LogP contribution in [-0.2, 0) is 4.79 Å². The van der Waals surface area contributed by atoms with Gasteiger partial charge in [-0.1, -0.05) is 6.07 Å². The predicted molar refractivity (Wildman–Crippen MR) is 84.4 cm³/mol. The summed E-state index contributed by atoms with van der Waals surface area (Å²) in [6.45, 7) is 6.61. The lowest BCUT2D eigenvalue weighted by molar-refractivity contribution is -0.124. The average Bonchev–Trinajstić information content (AvgIpc) is 3.17. The van der Waals surface area contributed by atoms with E-state index in [2.05, 4.69) is 25.2 Å². The van der Waals surface area contributed by atoms with Crippen LogP contribution in [0.1, 0.15) is 43.7 Å². The molecule has 4 heteroatoms. The zero-order chi connectivity index (χ0) is 15.5. The van der Waals surface area contributed by atoms with Crippen LogP contribution in [0, 0.1) is 13.8 Å². The fourth-order valence-electron chi connectivity index (χ4n) is 2.58. The van der Waals surface area contributed by atoms with Crippen LogP contribution >= 0.6 is 0 Å². The Labute approximate surface area is 127 Å². The van der Waals surface area contributed by atoms with Crippen molar-refractivity contribution >= 4 is 5.91 Å². The quantitative estimate of drug-likeness (QED) is 0.723. The maximum absolute atomic E-state index is 11.7. The van der Waals surface area contributed by atoms with Crippen molar-refractivity contribution in [3.05, 3.63) is 29.3 Å². The molecule has 4 nitrogen and oxygen atoms in total. The molecule has 0 saturated heterocycles. The van der Waals surface area contributed by atoms with Crippen molar-refractivity contribution < 1.29 is 9.53 Å². The lowest BCUT2D eigenvalue weighted by Gasteiger charge is -2.27. The Hall–Kier alpha value is -1.55. The molecule has 0 bridgehead atoms. The molecule has 1 saturated carbocycles. The summed E-state index contributed by atoms with van der Waals surface area (Å²) in [5, 5.41) is 3.35. The first-order valence-corrected chi connectivity index (χ1v) is 7.68. The van der Waals surface area contributed by atoms with E-state index in [0.717, 1.165) is 25.0 Å². The fourth-order valence-corrected chi connectivity index (χ4v) is 2.58. The molecule has 1 aliphatic carbocycles. The molecule has 3 N–H and O–H groups in total. The summed E-state index contributed by atoms with van der Waals surface area (Å²) in [6, 6.07) is 6.64. The molecule has 1 aliphatic rings. The van der Waals surface area contributed by atoms with Crippen molar-refractivity contribution in [2.45, 2.75) is 58.0 Å². The minimum atomic E-state index is -0.618. The van der Waals surface area contributed by atoms with Crippen molar-refractivity contribution in [2.75, 3.05) is 6.61 Å². The molecule has 2 rings (SSSR count). The van der Waals surface area contributed by atoms with E-state index < -0.39 is 5.54 Å². The van der Waals surface area contributed by atoms with Crippen LogP contribution in [0.15, 0.2) is 18.2 Å². The summed E-state index contributed by atoms with van der Waals surface area (Å²) in [4.78, 5) is 11.7. The predicted octanol–water partition coefficient (Wildman–Crippen LogP) is 2.46. The summed E-state index contributed by atoms with van der Waals surface area (Å²) in [5.41, 5.74) is 7.31. The van der Waals surface area contributed by atoms with Gasteiger partial charge in [0.25, 0.3) is 0 Å². The van der Waals surface area contributed by atoms with Gasteiger partial charge in [0.15, 0.2) is 0 Å². The highest BCUT2D eigenvalue weighted by atomic mass is 16.5. The number of hydrogen-bond donors (Lipinski definition) is 2. The van der Waals surface area contributed by atoms with Gasteiger partial charge in [-0.3, -0.25) is 4.79 Å². The highest BCUT2D eigenvalue weighted by molar-refractivity contribution is 5.84. The van der Waals surface area contributed by atoms with E-state index in [1.165, 1.54) is 11.1 Å². The van der Waals surface area contributed by atoms with Crippen molar-refractivity contribution in [1.82, 2.24) is 5.32 Å². The summed E-state index contributed by atoms with van der Waals surface area (Å²) in [6.07, 6.45) is 3.78. The molecular formula is C17H26N2O2. The lowest BCUT2D eigenvalue weighted by Crippen LogP contribution is -2.54. The van der Waals surface area contributed by atoms with Gasteiger partial charge in [0, 0.05) is 6.04 Å². The Morgan fingerprint density at radius 3 is 2.48 bits per heavy atom. The number of nitrogens with one attached hydrogen (secondary N) is 1. The highest BCUT2D eigenvalue weighted by Gasteiger charge is 2.36. The minimum Gasteiger partial charge on any atom is -0.494 e. The monoisotopic (exact) mass is 290 g/mol. The molecule has 0 aliphatic heterocycles. The van der Waals surface area contributed by atoms with Gasteiger partial charge in [-0.2, -0.15) is 0 Å². The number of hydrogen-bond acceptors (Lipinski definition) is 3. The summed E-state index contributed by atoms with van der Waals surface area (Å²) >= 11 is 0. The standard InChI is InChI=1S/C17H26N2O2/c1-12-9-13(2)11-15(10-12)21-8-4-7-17(3,16(18)20)19-14-5-6-14/h9-11,14,19H,4-8H2,1-3H3,(H2,18,20). The van der Waals surface area contributed by atoms with E-state index in [1.807, 2.05) is 19.1 Å². The average molecular weight is 290 g/mol. The third-order valence-corrected chi connectivity index (χ3v) is 3.93. The molecule has 0 radical (unpaired) electrons. The van der Waals surface area contributed by atoms with E-state index in [0.29, 0.717) is 19.1 Å². The third kappa shape index (κ3) is 4.74. The molecule has 1 amide bonds. The van der Waals surface area contributed by atoms with E-state index >= 15 is 0 Å². The summed E-state index contributed by atoms with van der Waals surface area (Å²) in [5.74, 6) is 0.615. The first-order valence-electron chi connectivity index (χ1n) is 7.68. The maximum Gasteiger partial charge on any atom is 0.237 e. The van der Waals surface area contributed by atoms with Crippen LogP contribution in [0.5, 0.6) is 5.75 Å². The van der Waals surface area contributed by atoms with Crippen LogP contribution in [0.3, 0.4) is 0 Å². The first kappa shape index (κ1) is 15.8. The van der Waals surface area contributed by atoms with Gasteiger partial charge in [-0.25, -0.2) is 0 Å². The Balaban J connectivity index is 1.80. The van der Waals surface area contributed by atoms with Gasteiger partial charge in [-0.05, 0) is 69.7 Å². The maximum atomic E-state index is 11.7. The number of rotatable bonds is 8. The van der Waals surface area contributed by atoms with Crippen molar-refractivity contribution in [3.63, 3.8) is 0 Å². The fraction of sp³-hybridized carbons (Fsp3) is 0.588. The normalized spacial score (nSPS) is 17.3. The topological polar surface area (TPSA) is 64.3 Å². The van der Waals surface area contributed by atoms with Crippen LogP contribution in [0.2, 0.25) is 0 Å². The number of aryl methyl sites for hydroxylation is 2. The minimum absolute atomic E-state index is 0.277. The number of ether oxygens (including phenoxy) is 1. The number of carbonyl (C=O) groups is 1. The van der Waals surface area contributed by atoms with E-state index in [1.54, 1.807) is 0 Å². The number of nitrogens with two attached hydrogens (primary N) is 1. The van der Waals surface area contributed by atoms with Crippen LogP contribution in [0.25, 0.3) is 0 Å². The zero-order valence-electron chi connectivity index (χ0n) is 13.2. The molecule has 116 valence electrons. The Bertz CT molecular complexity index is 491. The van der Waals surface area contributed by atoms with Crippen molar-refractivity contribution in [2.24, 2.45) is 5.73 Å². The molecule has 0 spiro atoms. The van der Waals surface area contributed by atoms with Crippen molar-refractivity contribution in [3.8, 4) is 5.75 Å². The molecule has 0 aromatic heterocycles. The highest BCUT2D eigenvalue weighted by Crippen LogP contribution is 2.25. The van der Waals surface area contributed by atoms with Gasteiger partial charge in [0.2, 0.25) is 5.91 Å². The van der Waals surface area contributed by atoms with Gasteiger partial charge in [-0.15, -0.1) is 0 Å². The lowest BCUT2D eigenvalue weighted by atomic mass is 9.95. The molecule has 1 aromatic carbocycles. The third-order valence-electron chi connectivity index (χ3n) is 3.93. The molecule has 0 heterocycles. The van der Waals surface area contributed by atoms with Gasteiger partial charge in [0.05, 0.1) is 12.1 Å². The van der Waals surface area contributed by atoms with Crippen LogP contribution < -0.4 is 15.8 Å². The van der Waals surface area contributed by atoms with Crippen molar-refractivity contribution in [1.29, 1.82) is 0 Å². The SMILES string of the molecule is Cc1cc(C)cc(OCCCC(C)(NC2CC2)C(N)=O)c1. The van der Waals surface area contributed by atoms with E-state index in [4.69, 9.17) is 10.5 Å². The van der Waals surface area contributed by atoms with Gasteiger partial charge in [0.1, 0.15) is 5.75 Å². The Kier molecular flexibility index (Phi) is 4.88. The molecule has 1 fully saturated rings. The molecule has 1 atom stereocenters. The second-order valence-electron chi connectivity index (χ2n) is 6.39. The Morgan fingerprint density at radius 2 is 1.95 bits per heavy atom. The Morgan fingerprint density at radius 1 is 1.33 bits per heavy atom. The smallest absolute Gasteiger partial charge is 0.237 e. The molecule has 1 unspecified atom stereocenters. The summed E-state index contributed by atoms with van der Waals surface area (Å²) in [7, 11) is 0. The molecule has 1 aromatic rings. The number of amides is 1. The number of benzene rings is 1. The van der Waals surface area contributed by atoms with Gasteiger partial charge >= 0.3 is 0 Å². The van der Waals surface area contributed by atoms with E-state index in [9.17, 15) is 4.79 Å². The van der Waals surface area contributed by atoms with Crippen LogP contribution in [0.4, 0.5) is 0 Å². The van der Waals surface area contributed by atoms with Crippen LogP contribution in [-0.4, -0.2) is 24.1 Å². The first-order chi connectivity index (χ1) is 9.89. The second-order valence-corrected chi connectivity index (χ2v) is 6.39. The largest absolute Gasteiger partial charge is 0.494 e. The molecular weight excluding hydrogens is 264 g/mol. The van der Waals surface area contributed by atoms with E-state index in [-0.39, 0.29) is 5.91 Å². The zero-order valence-corrected chi connectivity index (χ0v) is 13.2. The summed E-state index contributed by atoms with van der Waals surface area (Å²) < 4.78 is 5.78. The molecule has 21 heavy (non-hydrogen) atoms. The second kappa shape index (κ2) is 6.48. The number of primary amides is 1. The van der Waals surface area contributed by atoms with Gasteiger partial charge < -0.3 is 15.8 Å². The number of carbonyl (C=O) groups excluding carboxylic acids is 1.